The number of benzene rings is 4. The molecule has 0 spiro atoms. The van der Waals surface area contributed by atoms with Crippen LogP contribution in [0.2, 0.25) is 0 Å². The molecule has 0 saturated carbocycles. The lowest BCUT2D eigenvalue weighted by Gasteiger charge is -2.18. The van der Waals surface area contributed by atoms with Crippen LogP contribution in [0.5, 0.6) is 11.5 Å². The van der Waals surface area contributed by atoms with Crippen LogP contribution in [0.4, 0.5) is 0 Å². The second kappa shape index (κ2) is 17.4. The Bertz CT molecular complexity index is 2290. The highest BCUT2D eigenvalue weighted by Gasteiger charge is 2.16. The Morgan fingerprint density at radius 2 is 1.02 bits per heavy atom. The zero-order chi connectivity index (χ0) is 39.1. The van der Waals surface area contributed by atoms with Gasteiger partial charge in [0, 0.05) is 34.0 Å². The molecule has 0 aliphatic rings. The van der Waals surface area contributed by atoms with Gasteiger partial charge in [0.2, 0.25) is 4.77 Å². The van der Waals surface area contributed by atoms with Crippen LogP contribution in [0, 0.1) is 29.5 Å². The number of nitrogens with zero attached hydrogens (tertiary/aromatic N) is 4. The molecule has 276 valence electrons. The van der Waals surface area contributed by atoms with Gasteiger partial charge in [-0.3, -0.25) is 4.57 Å². The Labute approximate surface area is 324 Å². The third kappa shape index (κ3) is 8.73. The van der Waals surface area contributed by atoms with E-state index in [0.29, 0.717) is 28.1 Å². The Morgan fingerprint density at radius 1 is 0.611 bits per heavy atom. The van der Waals surface area contributed by atoms with E-state index in [4.69, 9.17) is 39.5 Å². The lowest BCUT2D eigenvalue weighted by molar-refractivity contribution is 0.370. The first-order valence-corrected chi connectivity index (χ1v) is 18.7. The average molecular weight is 737 g/mol. The molecule has 6 aromatic rings. The van der Waals surface area contributed by atoms with E-state index in [1.54, 1.807) is 4.57 Å². The Hall–Kier alpha value is -5.70. The molecule has 4 aromatic carbocycles. The minimum Gasteiger partial charge on any atom is -0.481 e. The maximum Gasteiger partial charge on any atom is 0.348 e. The summed E-state index contributed by atoms with van der Waals surface area (Å²) in [7, 11) is 0. The summed E-state index contributed by atoms with van der Waals surface area (Å²) in [6, 6.07) is 28.5. The normalized spacial score (nSPS) is 11.1. The summed E-state index contributed by atoms with van der Waals surface area (Å²) in [5.41, 5.74) is 7.65. The molecule has 0 aliphatic carbocycles. The monoisotopic (exact) mass is 736 g/mol. The van der Waals surface area contributed by atoms with Crippen molar-refractivity contribution in [3.8, 4) is 58.7 Å². The summed E-state index contributed by atoms with van der Waals surface area (Å²) in [4.78, 5) is 21.9. The van der Waals surface area contributed by atoms with Gasteiger partial charge in [0.05, 0.1) is 22.4 Å². The van der Waals surface area contributed by atoms with E-state index in [2.05, 4.69) is 99.3 Å². The first-order valence-electron chi connectivity index (χ1n) is 18.3. The number of hydrogen-bond donors (Lipinski definition) is 0. The molecule has 0 bridgehead atoms. The van der Waals surface area contributed by atoms with Crippen LogP contribution in [-0.4, -0.2) is 32.3 Å². The second-order valence-electron chi connectivity index (χ2n) is 14.3. The predicted octanol–water partition coefficient (Wildman–Crippen LogP) is 10.9. The third-order valence-corrected chi connectivity index (χ3v) is 9.46. The van der Waals surface area contributed by atoms with E-state index in [1.165, 1.54) is 11.1 Å². The van der Waals surface area contributed by atoms with Gasteiger partial charge in [-0.1, -0.05) is 88.1 Å². The van der Waals surface area contributed by atoms with E-state index in [9.17, 15) is 4.79 Å². The maximum absolute atomic E-state index is 12.7. The summed E-state index contributed by atoms with van der Waals surface area (Å²) < 4.78 is 15.6. The van der Waals surface area contributed by atoms with Crippen molar-refractivity contribution in [2.45, 2.75) is 79.3 Å². The van der Waals surface area contributed by atoms with Crippen LogP contribution >= 0.6 is 12.2 Å². The highest BCUT2D eigenvalue weighted by atomic mass is 32.1. The average Bonchev–Trinajstić information content (AvgIpc) is 3.15. The van der Waals surface area contributed by atoms with Crippen molar-refractivity contribution >= 4 is 34.0 Å². The molecule has 0 unspecified atom stereocenters. The van der Waals surface area contributed by atoms with E-state index < -0.39 is 0 Å². The summed E-state index contributed by atoms with van der Waals surface area (Å²) in [5.74, 6) is 7.31. The third-order valence-electron chi connectivity index (χ3n) is 9.17. The summed E-state index contributed by atoms with van der Waals surface area (Å²) >= 11 is 5.61. The first-order chi connectivity index (χ1) is 25.8. The topological polar surface area (TPSA) is 71.2 Å². The van der Waals surface area contributed by atoms with Gasteiger partial charge in [0.1, 0.15) is 24.7 Å². The molecule has 0 N–H and O–H groups in total. The molecule has 0 aliphatic heterocycles. The molecule has 2 aromatic heterocycles. The standard InChI is InChI=1S/C23H24N2O2.C23H24N2OS/c1-6-13-27-19-11-12-21-20(14-19)22(24-23(26)25(21)16(4)5)18-9-7-17(8-10-18)15(2)3;1-6-13-26-19-11-12-21-20(14-19)22(24-23(27)25(21)16(4)5)18-9-7-17(8-10-18)15(2)3/h2*1,7-12,14-16H,13H2,2-5H3. The van der Waals surface area contributed by atoms with E-state index in [0.717, 1.165) is 44.4 Å². The fourth-order valence-corrected chi connectivity index (χ4v) is 6.78. The summed E-state index contributed by atoms with van der Waals surface area (Å²) in [6.07, 6.45) is 10.6. The minimum absolute atomic E-state index is 0.00217. The van der Waals surface area contributed by atoms with Gasteiger partial charge >= 0.3 is 5.69 Å². The molecule has 0 atom stereocenters. The number of aromatic nitrogens is 4. The van der Waals surface area contributed by atoms with E-state index in [-0.39, 0.29) is 31.0 Å². The quantitative estimate of drug-likeness (QED) is 0.103. The number of terminal acetylenes is 2. The number of hydrogen-bond acceptors (Lipinski definition) is 6. The Kier molecular flexibility index (Phi) is 12.7. The zero-order valence-electron chi connectivity index (χ0n) is 32.4. The van der Waals surface area contributed by atoms with Crippen molar-refractivity contribution in [3.63, 3.8) is 0 Å². The predicted molar refractivity (Wildman–Crippen MR) is 225 cm³/mol. The largest absolute Gasteiger partial charge is 0.481 e. The van der Waals surface area contributed by atoms with Crippen LogP contribution in [0.15, 0.2) is 89.7 Å². The van der Waals surface area contributed by atoms with Crippen LogP contribution in [0.3, 0.4) is 0 Å². The second-order valence-corrected chi connectivity index (χ2v) is 14.7. The number of rotatable bonds is 10. The molecule has 6 rings (SSSR count). The fraction of sp³-hybridized carbons (Fsp3) is 0.304. The van der Waals surface area contributed by atoms with Crippen LogP contribution in [0.25, 0.3) is 44.3 Å². The van der Waals surface area contributed by atoms with Crippen LogP contribution < -0.4 is 15.2 Å². The summed E-state index contributed by atoms with van der Waals surface area (Å²) in [5, 5.41) is 1.87. The molecular weight excluding hydrogens is 689 g/mol. The van der Waals surface area contributed by atoms with Gasteiger partial charge in [0.15, 0.2) is 0 Å². The van der Waals surface area contributed by atoms with Gasteiger partial charge in [-0.15, -0.1) is 12.8 Å². The molecular formula is C46H48N4O3S. The lowest BCUT2D eigenvalue weighted by atomic mass is 9.99. The first kappa shape index (κ1) is 39.5. The maximum atomic E-state index is 12.7. The van der Waals surface area contributed by atoms with Crippen molar-refractivity contribution in [1.82, 2.24) is 19.1 Å². The fourth-order valence-electron chi connectivity index (χ4n) is 6.37. The van der Waals surface area contributed by atoms with Crippen molar-refractivity contribution in [2.24, 2.45) is 0 Å². The van der Waals surface area contributed by atoms with Gasteiger partial charge in [0.25, 0.3) is 0 Å². The van der Waals surface area contributed by atoms with Gasteiger partial charge in [-0.05, 0) is 99.3 Å². The molecule has 54 heavy (non-hydrogen) atoms. The highest BCUT2D eigenvalue weighted by Crippen LogP contribution is 2.33. The minimum atomic E-state index is -0.252. The van der Waals surface area contributed by atoms with E-state index in [1.807, 2.05) is 62.4 Å². The van der Waals surface area contributed by atoms with Crippen molar-refractivity contribution in [1.29, 1.82) is 0 Å². The van der Waals surface area contributed by atoms with Gasteiger partial charge in [-0.2, -0.15) is 4.98 Å². The van der Waals surface area contributed by atoms with Crippen LogP contribution in [0.1, 0.15) is 90.4 Å². The van der Waals surface area contributed by atoms with Crippen LogP contribution in [-0.2, 0) is 0 Å². The lowest BCUT2D eigenvalue weighted by Crippen LogP contribution is -2.25. The Balaban J connectivity index is 0.000000208. The molecule has 0 saturated heterocycles. The van der Waals surface area contributed by atoms with Crippen molar-refractivity contribution in [3.05, 3.63) is 111 Å². The molecule has 0 radical (unpaired) electrons. The Morgan fingerprint density at radius 3 is 1.41 bits per heavy atom. The smallest absolute Gasteiger partial charge is 0.348 e. The zero-order valence-corrected chi connectivity index (χ0v) is 33.2. The van der Waals surface area contributed by atoms with Gasteiger partial charge < -0.3 is 14.0 Å². The highest BCUT2D eigenvalue weighted by molar-refractivity contribution is 7.71. The molecule has 7 nitrogen and oxygen atoms in total. The summed E-state index contributed by atoms with van der Waals surface area (Å²) in [6.45, 7) is 17.3. The number of ether oxygens (including phenoxy) is 2. The van der Waals surface area contributed by atoms with E-state index >= 15 is 0 Å². The molecule has 2 heterocycles. The molecule has 0 amide bonds. The molecule has 8 heteroatoms. The van der Waals surface area contributed by atoms with Gasteiger partial charge in [-0.25, -0.2) is 9.78 Å². The molecule has 0 fully saturated rings. The number of fused-ring (bicyclic) bond motifs is 2. The van der Waals surface area contributed by atoms with Crippen molar-refractivity contribution < 1.29 is 9.47 Å². The van der Waals surface area contributed by atoms with Crippen molar-refractivity contribution in [2.75, 3.05) is 13.2 Å². The SMILES string of the molecule is C#CCOc1ccc2c(c1)c(-c1ccc(C(C)C)cc1)nc(=O)n2C(C)C.C#CCOc1ccc2c(c1)c(-c1ccc(C(C)C)cc1)nc(=S)n2C(C)C.